The van der Waals surface area contributed by atoms with Crippen molar-refractivity contribution in [3.63, 3.8) is 0 Å². The average Bonchev–Trinajstić information content (AvgIpc) is 2.46. The number of aryl methyl sites for hydroxylation is 1. The number of morpholine rings is 1. The summed E-state index contributed by atoms with van der Waals surface area (Å²) in [5, 5.41) is 3.16. The first kappa shape index (κ1) is 13.2. The minimum Gasteiger partial charge on any atom is -0.379 e. The van der Waals surface area contributed by atoms with Gasteiger partial charge in [-0.3, -0.25) is 4.79 Å². The van der Waals surface area contributed by atoms with Crippen molar-refractivity contribution >= 4 is 5.78 Å². The molecule has 0 saturated carbocycles. The summed E-state index contributed by atoms with van der Waals surface area (Å²) < 4.78 is 5.01. The Kier molecular flexibility index (Phi) is 4.90. The zero-order valence-corrected chi connectivity index (χ0v) is 10.9. The summed E-state index contributed by atoms with van der Waals surface area (Å²) in [6.45, 7) is 5.85. The lowest BCUT2D eigenvalue weighted by Gasteiger charge is -2.19. The van der Waals surface area contributed by atoms with Gasteiger partial charge in [-0.05, 0) is 18.4 Å². The van der Waals surface area contributed by atoms with Crippen molar-refractivity contribution in [2.75, 3.05) is 26.3 Å². The van der Waals surface area contributed by atoms with Gasteiger partial charge in [0.2, 0.25) is 0 Å². The minimum atomic E-state index is 0.222. The van der Waals surface area contributed by atoms with Crippen LogP contribution in [0.2, 0.25) is 0 Å². The Morgan fingerprint density at radius 3 is 2.56 bits per heavy atom. The van der Waals surface area contributed by atoms with E-state index < -0.39 is 0 Å². The Hall–Kier alpha value is -1.19. The number of carbonyl (C=O) groups is 1. The number of rotatable bonds is 0. The summed E-state index contributed by atoms with van der Waals surface area (Å²) in [5.74, 6) is 0.539. The monoisotopic (exact) mass is 247 g/mol. The highest BCUT2D eigenvalue weighted by Gasteiger charge is 2.22. The summed E-state index contributed by atoms with van der Waals surface area (Å²) in [5.41, 5.74) is 2.16. The molecule has 1 heterocycles. The molecule has 3 nitrogen and oxygen atoms in total. The zero-order chi connectivity index (χ0) is 12.8. The normalized spacial score (nSPS) is 22.7. The number of fused-ring (bicyclic) bond motifs is 1. The molecular formula is C15H21NO2. The third kappa shape index (κ3) is 3.40. The standard InChI is InChI=1S/C11H12O.C4H9NO/c1-8-6-7-9-4-2-3-5-10(9)11(8)12;1-3-6-4-2-5-1/h2-5,8H,6-7H2,1H3;5H,1-4H2. The molecule has 3 rings (SSSR count). The molecule has 1 atom stereocenters. The second-order valence-corrected chi connectivity index (χ2v) is 4.82. The number of ketones is 1. The van der Waals surface area contributed by atoms with Gasteiger partial charge < -0.3 is 10.1 Å². The number of hydrogen-bond donors (Lipinski definition) is 1. The quantitative estimate of drug-likeness (QED) is 0.762. The molecule has 98 valence electrons. The van der Waals surface area contributed by atoms with Crippen LogP contribution in [0.5, 0.6) is 0 Å². The molecule has 1 aliphatic carbocycles. The van der Waals surface area contributed by atoms with Crippen LogP contribution in [0, 0.1) is 5.92 Å². The van der Waals surface area contributed by atoms with Crippen LogP contribution >= 0.6 is 0 Å². The molecule has 1 saturated heterocycles. The molecule has 3 heteroatoms. The van der Waals surface area contributed by atoms with Gasteiger partial charge in [-0.1, -0.05) is 31.2 Å². The highest BCUT2D eigenvalue weighted by Crippen LogP contribution is 2.24. The maximum absolute atomic E-state index is 11.6. The van der Waals surface area contributed by atoms with E-state index in [1.54, 1.807) is 0 Å². The molecule has 1 aliphatic heterocycles. The topological polar surface area (TPSA) is 38.3 Å². The van der Waals surface area contributed by atoms with Crippen molar-refractivity contribution in [1.82, 2.24) is 5.32 Å². The van der Waals surface area contributed by atoms with E-state index in [1.165, 1.54) is 5.56 Å². The molecule has 2 aliphatic rings. The van der Waals surface area contributed by atoms with Crippen LogP contribution < -0.4 is 5.32 Å². The average molecular weight is 247 g/mol. The summed E-state index contributed by atoms with van der Waals surface area (Å²) in [4.78, 5) is 11.6. The first-order chi connectivity index (χ1) is 8.79. The maximum atomic E-state index is 11.6. The van der Waals surface area contributed by atoms with Gasteiger partial charge >= 0.3 is 0 Å². The second kappa shape index (κ2) is 6.66. The van der Waals surface area contributed by atoms with E-state index in [-0.39, 0.29) is 5.92 Å². The van der Waals surface area contributed by atoms with Gasteiger partial charge in [0.15, 0.2) is 5.78 Å². The van der Waals surface area contributed by atoms with E-state index >= 15 is 0 Å². The zero-order valence-electron chi connectivity index (χ0n) is 10.9. The largest absolute Gasteiger partial charge is 0.379 e. The number of nitrogens with one attached hydrogen (secondary N) is 1. The molecule has 0 amide bonds. The fraction of sp³-hybridized carbons (Fsp3) is 0.533. The van der Waals surface area contributed by atoms with Crippen molar-refractivity contribution in [2.24, 2.45) is 5.92 Å². The molecule has 0 spiro atoms. The number of Topliss-reactive ketones (excluding diaryl/α,β-unsaturated/α-hetero) is 1. The van der Waals surface area contributed by atoms with Crippen molar-refractivity contribution in [1.29, 1.82) is 0 Å². The van der Waals surface area contributed by atoms with E-state index in [1.807, 2.05) is 25.1 Å². The molecule has 0 aromatic heterocycles. The molecule has 1 fully saturated rings. The van der Waals surface area contributed by atoms with Gasteiger partial charge in [0.05, 0.1) is 13.2 Å². The Bertz CT molecular complexity index is 388. The minimum absolute atomic E-state index is 0.222. The highest BCUT2D eigenvalue weighted by molar-refractivity contribution is 5.99. The smallest absolute Gasteiger partial charge is 0.165 e. The third-order valence-electron chi connectivity index (χ3n) is 3.42. The van der Waals surface area contributed by atoms with Gasteiger partial charge in [-0.25, -0.2) is 0 Å². The van der Waals surface area contributed by atoms with Crippen LogP contribution in [0.1, 0.15) is 29.3 Å². The lowest BCUT2D eigenvalue weighted by molar-refractivity contribution is 0.0913. The van der Waals surface area contributed by atoms with E-state index in [9.17, 15) is 4.79 Å². The summed E-state index contributed by atoms with van der Waals surface area (Å²) >= 11 is 0. The Labute approximate surface area is 109 Å². The summed E-state index contributed by atoms with van der Waals surface area (Å²) in [7, 11) is 0. The first-order valence-electron chi connectivity index (χ1n) is 6.69. The second-order valence-electron chi connectivity index (χ2n) is 4.82. The fourth-order valence-corrected chi connectivity index (χ4v) is 2.26. The SMILES string of the molecule is C1COCCN1.CC1CCc2ccccc2C1=O. The lowest BCUT2D eigenvalue weighted by Crippen LogP contribution is -2.30. The molecule has 1 aromatic carbocycles. The van der Waals surface area contributed by atoms with Gasteiger partial charge in [-0.15, -0.1) is 0 Å². The number of benzene rings is 1. The van der Waals surface area contributed by atoms with Crippen LogP contribution in [-0.2, 0) is 11.2 Å². The Morgan fingerprint density at radius 1 is 1.22 bits per heavy atom. The molecular weight excluding hydrogens is 226 g/mol. The van der Waals surface area contributed by atoms with Crippen molar-refractivity contribution in [2.45, 2.75) is 19.8 Å². The number of carbonyl (C=O) groups excluding carboxylic acids is 1. The Balaban J connectivity index is 0.000000169. The molecule has 0 bridgehead atoms. The summed E-state index contributed by atoms with van der Waals surface area (Å²) in [6.07, 6.45) is 2.07. The Morgan fingerprint density at radius 2 is 1.94 bits per heavy atom. The fourth-order valence-electron chi connectivity index (χ4n) is 2.26. The van der Waals surface area contributed by atoms with Gasteiger partial charge in [0.1, 0.15) is 0 Å². The summed E-state index contributed by atoms with van der Waals surface area (Å²) in [6, 6.07) is 7.93. The van der Waals surface area contributed by atoms with Crippen LogP contribution in [0.4, 0.5) is 0 Å². The number of hydrogen-bond acceptors (Lipinski definition) is 3. The van der Waals surface area contributed by atoms with Crippen LogP contribution in [0.15, 0.2) is 24.3 Å². The number of ether oxygens (including phenoxy) is 1. The van der Waals surface area contributed by atoms with Crippen molar-refractivity contribution in [3.8, 4) is 0 Å². The van der Waals surface area contributed by atoms with Crippen molar-refractivity contribution in [3.05, 3.63) is 35.4 Å². The van der Waals surface area contributed by atoms with Gasteiger partial charge in [0, 0.05) is 24.6 Å². The van der Waals surface area contributed by atoms with E-state index in [4.69, 9.17) is 4.74 Å². The third-order valence-corrected chi connectivity index (χ3v) is 3.42. The van der Waals surface area contributed by atoms with Crippen LogP contribution in [0.25, 0.3) is 0 Å². The van der Waals surface area contributed by atoms with E-state index in [0.717, 1.165) is 44.7 Å². The molecule has 1 unspecified atom stereocenters. The predicted molar refractivity (Wildman–Crippen MR) is 71.9 cm³/mol. The lowest BCUT2D eigenvalue weighted by atomic mass is 9.84. The predicted octanol–water partition coefficient (Wildman–Crippen LogP) is 2.06. The highest BCUT2D eigenvalue weighted by atomic mass is 16.5. The molecule has 18 heavy (non-hydrogen) atoms. The van der Waals surface area contributed by atoms with Crippen LogP contribution in [-0.4, -0.2) is 32.1 Å². The molecule has 0 radical (unpaired) electrons. The maximum Gasteiger partial charge on any atom is 0.165 e. The first-order valence-corrected chi connectivity index (χ1v) is 6.69. The van der Waals surface area contributed by atoms with E-state index in [2.05, 4.69) is 11.4 Å². The van der Waals surface area contributed by atoms with Gasteiger partial charge in [0.25, 0.3) is 0 Å². The van der Waals surface area contributed by atoms with Gasteiger partial charge in [-0.2, -0.15) is 0 Å². The van der Waals surface area contributed by atoms with Crippen molar-refractivity contribution < 1.29 is 9.53 Å². The van der Waals surface area contributed by atoms with E-state index in [0.29, 0.717) is 5.78 Å². The molecule has 1 aromatic rings. The van der Waals surface area contributed by atoms with Crippen LogP contribution in [0.3, 0.4) is 0 Å². The molecule has 1 N–H and O–H groups in total.